The summed E-state index contributed by atoms with van der Waals surface area (Å²) < 4.78 is 0. The summed E-state index contributed by atoms with van der Waals surface area (Å²) in [5, 5.41) is 51.1. The number of aliphatic hydroxyl groups is 1. The number of rotatable bonds is 27. The first-order valence-corrected chi connectivity index (χ1v) is 18.2. The average Bonchev–Trinajstić information content (AvgIpc) is 3.09. The van der Waals surface area contributed by atoms with Crippen LogP contribution in [0.15, 0.2) is 0 Å². The van der Waals surface area contributed by atoms with Gasteiger partial charge in [0.1, 0.15) is 30.2 Å². The standard InChI is InChI=1S/C35H57N7O15/c1-7-8-9-18(27(51)29(36)52)38-31(54)20(14-17(2)3)40-34(57)28(35(4,5)6)42-33(56)22(16-43)41-30(53)19(10-12-24(45)46)39-32(55)21(15-26(49)50)37-23(44)11-13-25(47)48/h17-22,28,43H,7-16H2,1-6H3,(H2,36,52)(H,37,44)(H,38,54)(H,39,55)(H,40,57)(H,41,53)(H,42,56)(H,45,46)(H,47,48)(H,49,50)/t18?,19-,20-,21-,22-,28+/m0/s1. The second kappa shape index (κ2) is 24.8. The van der Waals surface area contributed by atoms with Crippen molar-refractivity contribution < 1.29 is 73.2 Å². The van der Waals surface area contributed by atoms with Gasteiger partial charge in [-0.25, -0.2) is 0 Å². The Bertz CT molecular complexity index is 1490. The van der Waals surface area contributed by atoms with Gasteiger partial charge in [0.2, 0.25) is 41.2 Å². The first kappa shape index (κ1) is 51.3. The molecule has 12 N–H and O–H groups in total. The molecule has 0 aromatic carbocycles. The maximum Gasteiger partial charge on any atom is 0.305 e. The largest absolute Gasteiger partial charge is 0.481 e. The van der Waals surface area contributed by atoms with Crippen LogP contribution in [0, 0.1) is 11.3 Å². The molecule has 0 aliphatic carbocycles. The van der Waals surface area contributed by atoms with Crippen molar-refractivity contribution in [2.24, 2.45) is 17.1 Å². The highest BCUT2D eigenvalue weighted by molar-refractivity contribution is 6.37. The summed E-state index contributed by atoms with van der Waals surface area (Å²) >= 11 is 0. The van der Waals surface area contributed by atoms with E-state index in [0.717, 1.165) is 0 Å². The number of carbonyl (C=O) groups excluding carboxylic acids is 8. The van der Waals surface area contributed by atoms with Gasteiger partial charge < -0.3 is 58.1 Å². The molecule has 0 radical (unpaired) electrons. The third-order valence-electron chi connectivity index (χ3n) is 8.17. The molecule has 0 fully saturated rings. The van der Waals surface area contributed by atoms with Crippen LogP contribution in [0.25, 0.3) is 0 Å². The van der Waals surface area contributed by atoms with Crippen LogP contribution in [0.3, 0.4) is 0 Å². The molecule has 0 aromatic heterocycles. The lowest BCUT2D eigenvalue weighted by atomic mass is 9.85. The molecular weight excluding hydrogens is 758 g/mol. The SMILES string of the molecule is CCCCC(NC(=O)[C@H](CC(C)C)NC(=O)[C@@H](NC(=O)[C@H](CO)NC(=O)[C@H](CCC(=O)O)NC(=O)[C@H](CC(=O)O)NC(=O)CCC(=O)O)C(C)(C)C)C(=O)C(N)=O. The fourth-order valence-electron chi connectivity index (χ4n) is 5.14. The van der Waals surface area contributed by atoms with Crippen LogP contribution in [-0.2, 0) is 52.7 Å². The fraction of sp³-hybridized carbons (Fsp3) is 0.686. The van der Waals surface area contributed by atoms with Crippen LogP contribution in [0.1, 0.15) is 99.3 Å². The molecule has 0 heterocycles. The monoisotopic (exact) mass is 815 g/mol. The Morgan fingerprint density at radius 3 is 1.54 bits per heavy atom. The molecule has 0 bridgehead atoms. The van der Waals surface area contributed by atoms with Gasteiger partial charge in [-0.15, -0.1) is 0 Å². The molecule has 57 heavy (non-hydrogen) atoms. The lowest BCUT2D eigenvalue weighted by molar-refractivity contribution is -0.142. The molecule has 0 aliphatic heterocycles. The van der Waals surface area contributed by atoms with Crippen molar-refractivity contribution in [1.82, 2.24) is 31.9 Å². The molecule has 322 valence electrons. The number of carbonyl (C=O) groups is 11. The normalized spacial score (nSPS) is 14.3. The second-order valence-corrected chi connectivity index (χ2v) is 14.8. The Labute approximate surface area is 329 Å². The van der Waals surface area contributed by atoms with E-state index in [0.29, 0.717) is 12.8 Å². The van der Waals surface area contributed by atoms with Crippen molar-refractivity contribution in [3.05, 3.63) is 0 Å². The summed E-state index contributed by atoms with van der Waals surface area (Å²) in [5.41, 5.74) is 4.08. The van der Waals surface area contributed by atoms with Gasteiger partial charge >= 0.3 is 17.9 Å². The first-order valence-electron chi connectivity index (χ1n) is 18.2. The predicted octanol–water partition coefficient (Wildman–Crippen LogP) is -2.57. The number of hydrogen-bond acceptors (Lipinski definition) is 12. The summed E-state index contributed by atoms with van der Waals surface area (Å²) in [7, 11) is 0. The lowest BCUT2D eigenvalue weighted by Gasteiger charge is -2.33. The third kappa shape index (κ3) is 20.2. The number of aliphatic hydroxyl groups excluding tert-OH is 1. The summed E-state index contributed by atoms with van der Waals surface area (Å²) in [5.74, 6) is -13.1. The number of nitrogens with one attached hydrogen (secondary N) is 6. The molecule has 0 saturated heterocycles. The van der Waals surface area contributed by atoms with Crippen LogP contribution in [0.5, 0.6) is 0 Å². The van der Waals surface area contributed by atoms with Crippen molar-refractivity contribution in [2.45, 2.75) is 136 Å². The zero-order valence-corrected chi connectivity index (χ0v) is 33.0. The van der Waals surface area contributed by atoms with Gasteiger partial charge in [0.25, 0.3) is 5.91 Å². The van der Waals surface area contributed by atoms with Crippen LogP contribution in [-0.4, -0.2) is 128 Å². The van der Waals surface area contributed by atoms with E-state index >= 15 is 0 Å². The topological polar surface area (TPSA) is 367 Å². The molecular formula is C35H57N7O15. The van der Waals surface area contributed by atoms with Crippen molar-refractivity contribution in [2.75, 3.05) is 6.61 Å². The molecule has 1 unspecified atom stereocenters. The summed E-state index contributed by atoms with van der Waals surface area (Å²) in [6, 6.07) is -9.38. The van der Waals surface area contributed by atoms with E-state index in [2.05, 4.69) is 26.6 Å². The van der Waals surface area contributed by atoms with Crippen molar-refractivity contribution in [3.63, 3.8) is 0 Å². The number of carboxylic acid groups (broad SMARTS) is 3. The maximum absolute atomic E-state index is 13.7. The smallest absolute Gasteiger partial charge is 0.305 e. The minimum Gasteiger partial charge on any atom is -0.481 e. The Hall–Kier alpha value is -5.67. The number of aliphatic carboxylic acids is 3. The number of carboxylic acids is 3. The van der Waals surface area contributed by atoms with Gasteiger partial charge in [-0.3, -0.25) is 52.7 Å². The molecule has 0 saturated carbocycles. The van der Waals surface area contributed by atoms with Crippen LogP contribution >= 0.6 is 0 Å². The minimum atomic E-state index is -1.83. The molecule has 7 amide bonds. The fourth-order valence-corrected chi connectivity index (χ4v) is 5.14. The maximum atomic E-state index is 13.7. The predicted molar refractivity (Wildman–Crippen MR) is 197 cm³/mol. The van der Waals surface area contributed by atoms with E-state index in [9.17, 15) is 68.1 Å². The van der Waals surface area contributed by atoms with E-state index < -0.39 is 145 Å². The second-order valence-electron chi connectivity index (χ2n) is 14.8. The number of nitrogens with two attached hydrogens (primary N) is 1. The number of primary amides is 1. The van der Waals surface area contributed by atoms with Gasteiger partial charge in [-0.1, -0.05) is 54.4 Å². The van der Waals surface area contributed by atoms with Gasteiger partial charge in [-0.2, -0.15) is 0 Å². The highest BCUT2D eigenvalue weighted by atomic mass is 16.4. The zero-order chi connectivity index (χ0) is 44.2. The first-order chi connectivity index (χ1) is 26.3. The van der Waals surface area contributed by atoms with Crippen molar-refractivity contribution >= 4 is 65.0 Å². The highest BCUT2D eigenvalue weighted by Gasteiger charge is 2.38. The number of ketones is 1. The quantitative estimate of drug-likeness (QED) is 0.0380. The van der Waals surface area contributed by atoms with Gasteiger partial charge in [0, 0.05) is 12.8 Å². The zero-order valence-electron chi connectivity index (χ0n) is 33.0. The van der Waals surface area contributed by atoms with E-state index in [1.165, 1.54) is 0 Å². The van der Waals surface area contributed by atoms with Gasteiger partial charge in [0.05, 0.1) is 25.5 Å². The molecule has 22 heteroatoms. The molecule has 22 nitrogen and oxygen atoms in total. The van der Waals surface area contributed by atoms with Gasteiger partial charge in [-0.05, 0) is 30.6 Å². The molecule has 0 aromatic rings. The van der Waals surface area contributed by atoms with E-state index in [1.807, 2.05) is 12.2 Å². The number of amides is 7. The molecule has 0 aliphatic rings. The van der Waals surface area contributed by atoms with Crippen molar-refractivity contribution in [3.8, 4) is 0 Å². The Balaban J connectivity index is 6.26. The van der Waals surface area contributed by atoms with Crippen LogP contribution in [0.4, 0.5) is 0 Å². The number of unbranched alkanes of at least 4 members (excludes halogenated alkanes) is 1. The number of Topliss-reactive ketones (excluding diaryl/α,β-unsaturated/α-hetero) is 1. The van der Waals surface area contributed by atoms with E-state index in [1.54, 1.807) is 34.6 Å². The highest BCUT2D eigenvalue weighted by Crippen LogP contribution is 2.20. The number of hydrogen-bond donors (Lipinski definition) is 11. The molecule has 6 atom stereocenters. The lowest BCUT2D eigenvalue weighted by Crippen LogP contribution is -2.62. The van der Waals surface area contributed by atoms with E-state index in [4.69, 9.17) is 10.8 Å². The van der Waals surface area contributed by atoms with Crippen molar-refractivity contribution in [1.29, 1.82) is 0 Å². The Kier molecular flexibility index (Phi) is 22.3. The van der Waals surface area contributed by atoms with Crippen LogP contribution in [0.2, 0.25) is 0 Å². The summed E-state index contributed by atoms with van der Waals surface area (Å²) in [6.07, 6.45) is -2.35. The Morgan fingerprint density at radius 2 is 1.07 bits per heavy atom. The minimum absolute atomic E-state index is 0.0613. The summed E-state index contributed by atoms with van der Waals surface area (Å²) in [4.78, 5) is 137. The molecule has 0 rings (SSSR count). The summed E-state index contributed by atoms with van der Waals surface area (Å²) in [6.45, 7) is 8.92. The average molecular weight is 816 g/mol. The molecule has 0 spiro atoms. The van der Waals surface area contributed by atoms with E-state index in [-0.39, 0.29) is 18.8 Å². The third-order valence-corrected chi connectivity index (χ3v) is 8.17. The van der Waals surface area contributed by atoms with Gasteiger partial charge in [0.15, 0.2) is 0 Å². The van der Waals surface area contributed by atoms with Crippen LogP contribution < -0.4 is 37.6 Å². The Morgan fingerprint density at radius 1 is 0.579 bits per heavy atom.